The highest BCUT2D eigenvalue weighted by Crippen LogP contribution is 2.20. The summed E-state index contributed by atoms with van der Waals surface area (Å²) in [5.41, 5.74) is -0.225. The van der Waals surface area contributed by atoms with Crippen molar-refractivity contribution < 1.29 is 19.1 Å². The standard InChI is InChI=1S/C12H14FN3O3/c1-15-3-2-4-16(7-10(15)17)11-9(12(18)19)5-8(13)6-14-11/h5-6H,2-4,7H2,1H3,(H,18,19). The van der Waals surface area contributed by atoms with Gasteiger partial charge in [0.2, 0.25) is 5.91 Å². The molecule has 0 bridgehead atoms. The largest absolute Gasteiger partial charge is 0.478 e. The molecule has 0 radical (unpaired) electrons. The monoisotopic (exact) mass is 267 g/mol. The maximum absolute atomic E-state index is 13.1. The van der Waals surface area contributed by atoms with E-state index < -0.39 is 11.8 Å². The normalized spacial score (nSPS) is 16.4. The minimum absolute atomic E-state index is 0.0510. The van der Waals surface area contributed by atoms with Crippen LogP contribution < -0.4 is 4.90 Å². The zero-order valence-corrected chi connectivity index (χ0v) is 10.5. The van der Waals surface area contributed by atoms with Gasteiger partial charge in [0.05, 0.1) is 12.7 Å². The Hall–Kier alpha value is -2.18. The summed E-state index contributed by atoms with van der Waals surface area (Å²) < 4.78 is 13.1. The fourth-order valence-electron chi connectivity index (χ4n) is 2.01. The molecule has 102 valence electrons. The molecule has 1 aromatic heterocycles. The van der Waals surface area contributed by atoms with E-state index in [1.807, 2.05) is 0 Å². The Morgan fingerprint density at radius 1 is 1.47 bits per heavy atom. The molecule has 1 amide bonds. The molecule has 1 fully saturated rings. The fourth-order valence-corrected chi connectivity index (χ4v) is 2.01. The van der Waals surface area contributed by atoms with Crippen LogP contribution in [-0.2, 0) is 4.79 Å². The van der Waals surface area contributed by atoms with Crippen LogP contribution in [0.1, 0.15) is 16.8 Å². The third kappa shape index (κ3) is 2.81. The third-order valence-corrected chi connectivity index (χ3v) is 3.04. The van der Waals surface area contributed by atoms with E-state index in [0.29, 0.717) is 19.5 Å². The Bertz CT molecular complexity index is 521. The molecule has 1 aliphatic heterocycles. The minimum Gasteiger partial charge on any atom is -0.478 e. The van der Waals surface area contributed by atoms with Gasteiger partial charge in [0.1, 0.15) is 17.2 Å². The Morgan fingerprint density at radius 2 is 2.21 bits per heavy atom. The summed E-state index contributed by atoms with van der Waals surface area (Å²) in [7, 11) is 1.70. The first-order chi connectivity index (χ1) is 8.99. The predicted molar refractivity (Wildman–Crippen MR) is 65.6 cm³/mol. The van der Waals surface area contributed by atoms with E-state index in [9.17, 15) is 14.0 Å². The number of carbonyl (C=O) groups is 2. The number of anilines is 1. The number of rotatable bonds is 2. The molecular formula is C12H14FN3O3. The average Bonchev–Trinajstić information content (AvgIpc) is 2.52. The van der Waals surface area contributed by atoms with Crippen molar-refractivity contribution in [3.05, 3.63) is 23.6 Å². The van der Waals surface area contributed by atoms with E-state index >= 15 is 0 Å². The summed E-state index contributed by atoms with van der Waals surface area (Å²) in [5, 5.41) is 9.08. The number of carboxylic acids is 1. The van der Waals surface area contributed by atoms with Gasteiger partial charge in [0.15, 0.2) is 0 Å². The molecule has 0 atom stereocenters. The van der Waals surface area contributed by atoms with Crippen LogP contribution >= 0.6 is 0 Å². The molecule has 1 aliphatic rings. The van der Waals surface area contributed by atoms with Crippen LogP contribution in [0.5, 0.6) is 0 Å². The number of halogens is 1. The lowest BCUT2D eigenvalue weighted by Crippen LogP contribution is -2.35. The minimum atomic E-state index is -1.26. The highest BCUT2D eigenvalue weighted by molar-refractivity contribution is 5.94. The molecular weight excluding hydrogens is 253 g/mol. The van der Waals surface area contributed by atoms with E-state index in [4.69, 9.17) is 5.11 Å². The lowest BCUT2D eigenvalue weighted by atomic mass is 10.2. The van der Waals surface area contributed by atoms with E-state index in [1.165, 1.54) is 0 Å². The van der Waals surface area contributed by atoms with Gasteiger partial charge in [-0.15, -0.1) is 0 Å². The maximum Gasteiger partial charge on any atom is 0.339 e. The Labute approximate surface area is 109 Å². The summed E-state index contributed by atoms with van der Waals surface area (Å²) in [5.74, 6) is -1.94. The molecule has 2 heterocycles. The van der Waals surface area contributed by atoms with Crippen molar-refractivity contribution in [1.29, 1.82) is 0 Å². The Kier molecular flexibility index (Phi) is 3.64. The summed E-state index contributed by atoms with van der Waals surface area (Å²) >= 11 is 0. The van der Waals surface area contributed by atoms with E-state index in [0.717, 1.165) is 12.3 Å². The van der Waals surface area contributed by atoms with Crippen LogP contribution in [0.3, 0.4) is 0 Å². The molecule has 6 nitrogen and oxygen atoms in total. The van der Waals surface area contributed by atoms with Crippen LogP contribution in [0.2, 0.25) is 0 Å². The smallest absolute Gasteiger partial charge is 0.339 e. The predicted octanol–water partition coefficient (Wildman–Crippen LogP) is 0.587. The van der Waals surface area contributed by atoms with Gasteiger partial charge in [-0.2, -0.15) is 0 Å². The molecule has 1 aromatic rings. The van der Waals surface area contributed by atoms with Crippen molar-refractivity contribution in [2.45, 2.75) is 6.42 Å². The quantitative estimate of drug-likeness (QED) is 0.848. The lowest BCUT2D eigenvalue weighted by Gasteiger charge is -2.22. The molecule has 0 unspecified atom stereocenters. The van der Waals surface area contributed by atoms with Crippen molar-refractivity contribution in [2.75, 3.05) is 31.6 Å². The van der Waals surface area contributed by atoms with Crippen LogP contribution in [0, 0.1) is 5.82 Å². The number of aromatic nitrogens is 1. The summed E-state index contributed by atoms with van der Waals surface area (Å²) in [4.78, 5) is 29.9. The highest BCUT2D eigenvalue weighted by atomic mass is 19.1. The Morgan fingerprint density at radius 3 is 2.89 bits per heavy atom. The third-order valence-electron chi connectivity index (χ3n) is 3.04. The van der Waals surface area contributed by atoms with Gasteiger partial charge in [-0.05, 0) is 12.5 Å². The second kappa shape index (κ2) is 5.21. The molecule has 0 saturated carbocycles. The molecule has 1 N–H and O–H groups in total. The van der Waals surface area contributed by atoms with Gasteiger partial charge >= 0.3 is 5.97 Å². The first kappa shape index (κ1) is 13.3. The van der Waals surface area contributed by atoms with E-state index in [-0.39, 0.29) is 23.8 Å². The van der Waals surface area contributed by atoms with Gasteiger partial charge in [-0.25, -0.2) is 14.2 Å². The van der Waals surface area contributed by atoms with Crippen LogP contribution in [0.4, 0.5) is 10.2 Å². The zero-order chi connectivity index (χ0) is 14.0. The van der Waals surface area contributed by atoms with Crippen molar-refractivity contribution in [1.82, 2.24) is 9.88 Å². The first-order valence-corrected chi connectivity index (χ1v) is 5.87. The summed E-state index contributed by atoms with van der Waals surface area (Å²) in [6.45, 7) is 1.17. The topological polar surface area (TPSA) is 73.7 Å². The SMILES string of the molecule is CN1CCCN(c2ncc(F)cc2C(=O)O)CC1=O. The molecule has 2 rings (SSSR count). The second-order valence-electron chi connectivity index (χ2n) is 4.42. The van der Waals surface area contributed by atoms with Gasteiger partial charge in [-0.1, -0.05) is 0 Å². The van der Waals surface area contributed by atoms with Gasteiger partial charge in [0.25, 0.3) is 0 Å². The summed E-state index contributed by atoms with van der Waals surface area (Å²) in [6, 6.07) is 0.920. The summed E-state index contributed by atoms with van der Waals surface area (Å²) in [6.07, 6.45) is 1.67. The molecule has 19 heavy (non-hydrogen) atoms. The van der Waals surface area contributed by atoms with Crippen molar-refractivity contribution in [3.8, 4) is 0 Å². The zero-order valence-electron chi connectivity index (χ0n) is 10.5. The van der Waals surface area contributed by atoms with Gasteiger partial charge < -0.3 is 14.9 Å². The van der Waals surface area contributed by atoms with Crippen molar-refractivity contribution in [3.63, 3.8) is 0 Å². The number of hydrogen-bond acceptors (Lipinski definition) is 4. The van der Waals surface area contributed by atoms with E-state index in [1.54, 1.807) is 16.8 Å². The number of pyridine rings is 1. The maximum atomic E-state index is 13.1. The lowest BCUT2D eigenvalue weighted by molar-refractivity contribution is -0.127. The number of carboxylic acid groups (broad SMARTS) is 1. The number of carbonyl (C=O) groups excluding carboxylic acids is 1. The van der Waals surface area contributed by atoms with Gasteiger partial charge in [0, 0.05) is 20.1 Å². The number of aromatic carboxylic acids is 1. The molecule has 0 spiro atoms. The Balaban J connectivity index is 2.35. The number of nitrogens with zero attached hydrogens (tertiary/aromatic N) is 3. The highest BCUT2D eigenvalue weighted by Gasteiger charge is 2.24. The first-order valence-electron chi connectivity index (χ1n) is 5.87. The molecule has 0 aliphatic carbocycles. The van der Waals surface area contributed by atoms with Crippen molar-refractivity contribution >= 4 is 17.7 Å². The second-order valence-corrected chi connectivity index (χ2v) is 4.42. The average molecular weight is 267 g/mol. The molecule has 7 heteroatoms. The van der Waals surface area contributed by atoms with Crippen molar-refractivity contribution in [2.24, 2.45) is 0 Å². The van der Waals surface area contributed by atoms with Crippen LogP contribution in [0.15, 0.2) is 12.3 Å². The number of hydrogen-bond donors (Lipinski definition) is 1. The van der Waals surface area contributed by atoms with E-state index in [2.05, 4.69) is 4.98 Å². The number of amides is 1. The molecule has 1 saturated heterocycles. The van der Waals surface area contributed by atoms with Crippen LogP contribution in [-0.4, -0.2) is 53.5 Å². The van der Waals surface area contributed by atoms with Crippen LogP contribution in [0.25, 0.3) is 0 Å². The molecule has 0 aromatic carbocycles. The fraction of sp³-hybridized carbons (Fsp3) is 0.417. The van der Waals surface area contributed by atoms with Gasteiger partial charge in [-0.3, -0.25) is 4.79 Å². The number of likely N-dealkylation sites (N-methyl/N-ethyl adjacent to an activating group) is 1.